The standard InChI is InChI=1S/C30H29F3N4O5/c1-42-27-10-6-5-9-24(27)28(38)35-15-13-34(14-16-35)20-29(39,30(31,32)33)25-19-36(18-21-7-3-2-4-8-21)26-17-22(37(40)41)11-12-23(25)26/h2-12,17,19,39H,13-16,18,20H2,1H3. The predicted octanol–water partition coefficient (Wildman–Crippen LogP) is 4.81. The molecule has 0 saturated carbocycles. The van der Waals surface area contributed by atoms with E-state index in [0.717, 1.165) is 11.6 Å². The highest BCUT2D eigenvalue weighted by Crippen LogP contribution is 2.44. The first-order valence-corrected chi connectivity index (χ1v) is 13.3. The number of alkyl halides is 3. The van der Waals surface area contributed by atoms with Crippen LogP contribution in [0.5, 0.6) is 5.75 Å². The molecular weight excluding hydrogens is 553 g/mol. The van der Waals surface area contributed by atoms with Crippen molar-refractivity contribution in [3.63, 3.8) is 0 Å². The number of nitro benzene ring substituents is 1. The second-order valence-corrected chi connectivity index (χ2v) is 10.2. The molecule has 1 aliphatic heterocycles. The number of ether oxygens (including phenoxy) is 1. The van der Waals surface area contributed by atoms with Gasteiger partial charge in [-0.05, 0) is 23.8 Å². The summed E-state index contributed by atoms with van der Waals surface area (Å²) < 4.78 is 51.0. The lowest BCUT2D eigenvalue weighted by molar-refractivity contribution is -0.384. The molecule has 0 radical (unpaired) electrons. The third-order valence-electron chi connectivity index (χ3n) is 7.64. The number of hydrogen-bond donors (Lipinski definition) is 1. The number of aliphatic hydroxyl groups is 1. The Bertz CT molecular complexity index is 1600. The summed E-state index contributed by atoms with van der Waals surface area (Å²) in [4.78, 5) is 27.0. The average Bonchev–Trinajstić information content (AvgIpc) is 3.35. The number of fused-ring (bicyclic) bond motifs is 1. The van der Waals surface area contributed by atoms with Gasteiger partial charge in [-0.3, -0.25) is 19.8 Å². The summed E-state index contributed by atoms with van der Waals surface area (Å²) >= 11 is 0. The zero-order chi connectivity index (χ0) is 30.1. The quantitative estimate of drug-likeness (QED) is 0.236. The van der Waals surface area contributed by atoms with Crippen LogP contribution in [0.4, 0.5) is 18.9 Å². The molecule has 2 heterocycles. The Kier molecular flexibility index (Phi) is 7.93. The van der Waals surface area contributed by atoms with Crippen molar-refractivity contribution in [1.29, 1.82) is 0 Å². The minimum absolute atomic E-state index is 0.0707. The maximum Gasteiger partial charge on any atom is 0.422 e. The number of methoxy groups -OCH3 is 1. The van der Waals surface area contributed by atoms with E-state index >= 15 is 0 Å². The van der Waals surface area contributed by atoms with Crippen LogP contribution in [0.1, 0.15) is 21.5 Å². The van der Waals surface area contributed by atoms with Crippen molar-refractivity contribution in [3.05, 3.63) is 106 Å². The highest BCUT2D eigenvalue weighted by atomic mass is 19.4. The lowest BCUT2D eigenvalue weighted by atomic mass is 9.91. The molecule has 4 aromatic rings. The van der Waals surface area contributed by atoms with Crippen molar-refractivity contribution < 1.29 is 32.7 Å². The topological polar surface area (TPSA) is 101 Å². The molecule has 9 nitrogen and oxygen atoms in total. The van der Waals surface area contributed by atoms with Gasteiger partial charge in [-0.1, -0.05) is 42.5 Å². The number of carbonyl (C=O) groups is 1. The van der Waals surface area contributed by atoms with Crippen molar-refractivity contribution in [2.45, 2.75) is 18.3 Å². The largest absolute Gasteiger partial charge is 0.496 e. The molecule has 5 rings (SSSR count). The molecule has 1 atom stereocenters. The Hall–Kier alpha value is -4.42. The van der Waals surface area contributed by atoms with Crippen LogP contribution >= 0.6 is 0 Å². The summed E-state index contributed by atoms with van der Waals surface area (Å²) in [5.74, 6) is 0.118. The van der Waals surface area contributed by atoms with Gasteiger partial charge in [0.25, 0.3) is 11.6 Å². The number of piperazine rings is 1. The molecule has 1 aliphatic rings. The highest BCUT2D eigenvalue weighted by molar-refractivity contribution is 5.97. The van der Waals surface area contributed by atoms with Crippen LogP contribution in [0.2, 0.25) is 0 Å². The number of β-amino-alcohol motifs (C(OH)–C–C–N with tert-alkyl or cyclic N) is 1. The number of halogens is 3. The van der Waals surface area contributed by atoms with E-state index in [2.05, 4.69) is 0 Å². The fourth-order valence-electron chi connectivity index (χ4n) is 5.39. The number of benzene rings is 3. The average molecular weight is 583 g/mol. The fourth-order valence-corrected chi connectivity index (χ4v) is 5.39. The monoisotopic (exact) mass is 582 g/mol. The van der Waals surface area contributed by atoms with E-state index in [9.17, 15) is 33.2 Å². The van der Waals surface area contributed by atoms with Crippen molar-refractivity contribution >= 4 is 22.5 Å². The number of carbonyl (C=O) groups excluding carboxylic acids is 1. The maximum absolute atomic E-state index is 14.8. The fraction of sp³-hybridized carbons (Fsp3) is 0.300. The predicted molar refractivity (Wildman–Crippen MR) is 149 cm³/mol. The highest BCUT2D eigenvalue weighted by Gasteiger charge is 2.57. The van der Waals surface area contributed by atoms with Gasteiger partial charge >= 0.3 is 6.18 Å². The minimum atomic E-state index is -5.06. The van der Waals surface area contributed by atoms with E-state index in [1.165, 1.54) is 34.9 Å². The second kappa shape index (κ2) is 11.5. The van der Waals surface area contributed by atoms with Gasteiger partial charge in [0.05, 0.1) is 23.1 Å². The molecule has 12 heteroatoms. The number of para-hydroxylation sites is 1. The number of non-ortho nitro benzene ring substituents is 1. The van der Waals surface area contributed by atoms with E-state index in [0.29, 0.717) is 11.3 Å². The van der Waals surface area contributed by atoms with Gasteiger partial charge in [0, 0.05) is 68.5 Å². The van der Waals surface area contributed by atoms with E-state index in [1.54, 1.807) is 59.5 Å². The Labute approximate surface area is 239 Å². The first-order chi connectivity index (χ1) is 20.0. The van der Waals surface area contributed by atoms with Crippen LogP contribution in [0.3, 0.4) is 0 Å². The van der Waals surface area contributed by atoms with Crippen molar-refractivity contribution in [2.24, 2.45) is 0 Å². The molecule has 3 aromatic carbocycles. The van der Waals surface area contributed by atoms with Gasteiger partial charge in [-0.2, -0.15) is 13.2 Å². The molecular formula is C30H29F3N4O5. The molecule has 1 fully saturated rings. The lowest BCUT2D eigenvalue weighted by Crippen LogP contribution is -2.56. The van der Waals surface area contributed by atoms with E-state index in [1.807, 2.05) is 0 Å². The van der Waals surface area contributed by atoms with Gasteiger partial charge < -0.3 is 19.3 Å². The zero-order valence-electron chi connectivity index (χ0n) is 22.8. The number of hydrogen-bond acceptors (Lipinski definition) is 6. The summed E-state index contributed by atoms with van der Waals surface area (Å²) in [6.07, 6.45) is -3.83. The first-order valence-electron chi connectivity index (χ1n) is 13.3. The molecule has 0 spiro atoms. The van der Waals surface area contributed by atoms with Crippen molar-refractivity contribution in [1.82, 2.24) is 14.4 Å². The molecule has 1 amide bonds. The molecule has 1 saturated heterocycles. The number of nitro groups is 1. The Morgan fingerprint density at radius 3 is 2.31 bits per heavy atom. The van der Waals surface area contributed by atoms with Crippen molar-refractivity contribution in [2.75, 3.05) is 39.8 Å². The van der Waals surface area contributed by atoms with E-state index in [-0.39, 0.29) is 60.8 Å². The van der Waals surface area contributed by atoms with Gasteiger partial charge in [0.1, 0.15) is 5.75 Å². The summed E-state index contributed by atoms with van der Waals surface area (Å²) in [6, 6.07) is 19.3. The van der Waals surface area contributed by atoms with E-state index in [4.69, 9.17) is 4.74 Å². The molecule has 220 valence electrons. The number of amides is 1. The van der Waals surface area contributed by atoms with Crippen molar-refractivity contribution in [3.8, 4) is 5.75 Å². The summed E-state index contributed by atoms with van der Waals surface area (Å²) in [6.45, 7) is -0.0921. The van der Waals surface area contributed by atoms with Gasteiger partial charge in [-0.25, -0.2) is 0 Å². The first kappa shape index (κ1) is 29.1. The molecule has 0 bridgehead atoms. The van der Waals surface area contributed by atoms with E-state index < -0.39 is 23.2 Å². The van der Waals surface area contributed by atoms with Crippen LogP contribution in [-0.4, -0.2) is 76.3 Å². The van der Waals surface area contributed by atoms with Gasteiger partial charge in [0.15, 0.2) is 0 Å². The molecule has 42 heavy (non-hydrogen) atoms. The number of aromatic nitrogens is 1. The third kappa shape index (κ3) is 5.55. The SMILES string of the molecule is COc1ccccc1C(=O)N1CCN(CC(O)(c2cn(Cc3ccccc3)c3cc([N+](=O)[O-])ccc23)C(F)(F)F)CC1. The minimum Gasteiger partial charge on any atom is -0.496 e. The summed E-state index contributed by atoms with van der Waals surface area (Å²) in [5, 5.41) is 23.0. The van der Waals surface area contributed by atoms with Crippen LogP contribution < -0.4 is 4.74 Å². The Balaban J connectivity index is 1.44. The van der Waals surface area contributed by atoms with Crippen LogP contribution in [0, 0.1) is 10.1 Å². The molecule has 1 aromatic heterocycles. The number of nitrogens with zero attached hydrogens (tertiary/aromatic N) is 4. The molecule has 0 aliphatic carbocycles. The lowest BCUT2D eigenvalue weighted by Gasteiger charge is -2.40. The smallest absolute Gasteiger partial charge is 0.422 e. The summed E-state index contributed by atoms with van der Waals surface area (Å²) in [7, 11) is 1.46. The zero-order valence-corrected chi connectivity index (χ0v) is 22.8. The normalized spacial score (nSPS) is 15.9. The Morgan fingerprint density at radius 2 is 1.67 bits per heavy atom. The van der Waals surface area contributed by atoms with Crippen LogP contribution in [0.25, 0.3) is 10.9 Å². The van der Waals surface area contributed by atoms with Crippen LogP contribution in [-0.2, 0) is 12.1 Å². The third-order valence-corrected chi connectivity index (χ3v) is 7.64. The Morgan fingerprint density at radius 1 is 1.00 bits per heavy atom. The summed E-state index contributed by atoms with van der Waals surface area (Å²) in [5.41, 5.74) is -2.59. The number of rotatable bonds is 8. The van der Waals surface area contributed by atoms with Crippen LogP contribution in [0.15, 0.2) is 79.0 Å². The molecule has 1 N–H and O–H groups in total. The van der Waals surface area contributed by atoms with Gasteiger partial charge in [-0.15, -0.1) is 0 Å². The molecule has 1 unspecified atom stereocenters. The van der Waals surface area contributed by atoms with Gasteiger partial charge in [0.2, 0.25) is 5.60 Å². The second-order valence-electron chi connectivity index (χ2n) is 10.2. The maximum atomic E-state index is 14.8.